The maximum Gasteiger partial charge on any atom is 0.271 e. The molecule has 1 aromatic heterocycles. The second kappa shape index (κ2) is 9.63. The van der Waals surface area contributed by atoms with Gasteiger partial charge in [-0.1, -0.05) is 0 Å². The maximum absolute atomic E-state index is 13.3. The first-order chi connectivity index (χ1) is 15.1. The van der Waals surface area contributed by atoms with E-state index in [1.165, 1.54) is 18.5 Å². The highest BCUT2D eigenvalue weighted by atomic mass is 19.1. The van der Waals surface area contributed by atoms with Gasteiger partial charge < -0.3 is 15.4 Å². The molecule has 4 rings (SSSR count). The monoisotopic (exact) mass is 421 g/mol. The first kappa shape index (κ1) is 20.9. The Kier molecular flexibility index (Phi) is 6.49. The number of halogens is 1. The zero-order chi connectivity index (χ0) is 21.6. The summed E-state index contributed by atoms with van der Waals surface area (Å²) in [6.45, 7) is 2.23. The molecular weight excluding hydrogens is 397 g/mol. The number of hydrogen-bond donors (Lipinski definition) is 2. The number of methoxy groups -OCH3 is 1. The molecule has 1 aliphatic rings. The van der Waals surface area contributed by atoms with Gasteiger partial charge in [-0.15, -0.1) is 0 Å². The van der Waals surface area contributed by atoms with E-state index >= 15 is 0 Å². The molecule has 31 heavy (non-hydrogen) atoms. The van der Waals surface area contributed by atoms with Gasteiger partial charge in [0.15, 0.2) is 0 Å². The third kappa shape index (κ3) is 5.22. The lowest BCUT2D eigenvalue weighted by molar-refractivity contribution is -0.112. The second-order valence-electron chi connectivity index (χ2n) is 7.39. The van der Waals surface area contributed by atoms with Gasteiger partial charge >= 0.3 is 0 Å². The van der Waals surface area contributed by atoms with Crippen molar-refractivity contribution >= 4 is 28.2 Å². The molecule has 1 amide bonds. The van der Waals surface area contributed by atoms with Crippen molar-refractivity contribution in [3.63, 3.8) is 0 Å². The number of anilines is 2. The van der Waals surface area contributed by atoms with Crippen molar-refractivity contribution in [2.45, 2.75) is 12.5 Å². The van der Waals surface area contributed by atoms with Gasteiger partial charge in [-0.3, -0.25) is 9.69 Å². The summed E-state index contributed by atoms with van der Waals surface area (Å²) in [7, 11) is 1.69. The Morgan fingerprint density at radius 3 is 2.77 bits per heavy atom. The molecule has 0 bridgehead atoms. The van der Waals surface area contributed by atoms with Gasteiger partial charge in [0.1, 0.15) is 17.8 Å². The number of likely N-dealkylation sites (tertiary alicyclic amines) is 1. The van der Waals surface area contributed by atoms with Crippen LogP contribution >= 0.6 is 0 Å². The molecule has 1 atom stereocenters. The molecule has 7 nitrogen and oxygen atoms in total. The van der Waals surface area contributed by atoms with Gasteiger partial charge in [0.2, 0.25) is 0 Å². The molecule has 1 unspecified atom stereocenters. The van der Waals surface area contributed by atoms with E-state index in [1.54, 1.807) is 31.5 Å². The molecule has 1 fully saturated rings. The number of fused-ring (bicyclic) bond motifs is 1. The Balaban J connectivity index is 1.52. The van der Waals surface area contributed by atoms with Gasteiger partial charge in [-0.2, -0.15) is 0 Å². The molecule has 0 aliphatic carbocycles. The van der Waals surface area contributed by atoms with Crippen LogP contribution in [0.1, 0.15) is 6.42 Å². The predicted molar refractivity (Wildman–Crippen MR) is 118 cm³/mol. The van der Waals surface area contributed by atoms with Crippen LogP contribution in [0.3, 0.4) is 0 Å². The molecule has 2 N–H and O–H groups in total. The molecule has 3 aromatic rings. The molecule has 0 spiro atoms. The van der Waals surface area contributed by atoms with Crippen molar-refractivity contribution in [3.05, 3.63) is 72.6 Å². The average Bonchev–Trinajstić information content (AvgIpc) is 2.77. The van der Waals surface area contributed by atoms with E-state index in [0.29, 0.717) is 36.3 Å². The molecular formula is C23H24FN5O2. The number of ether oxygens (including phenoxy) is 1. The summed E-state index contributed by atoms with van der Waals surface area (Å²) >= 11 is 0. The third-order valence-corrected chi connectivity index (χ3v) is 5.29. The Labute approximate surface area is 179 Å². The minimum Gasteiger partial charge on any atom is -0.383 e. The standard InChI is InChI=1S/C23H24FN5O2/c1-31-14-20-8-10-29(20)11-9-22(27-18-4-2-17(24)3-5-18)23(30)28-19-6-7-21-16(12-19)13-25-15-26-21/h2-7,9,12-13,15,20,27H,8,10-11,14H2,1H3,(H,28,30). The normalized spacial score (nSPS) is 16.7. The van der Waals surface area contributed by atoms with Gasteiger partial charge in [-0.05, 0) is 55.0 Å². The van der Waals surface area contributed by atoms with Crippen molar-refractivity contribution in [3.8, 4) is 0 Å². The lowest BCUT2D eigenvalue weighted by atomic mass is 10.0. The highest BCUT2D eigenvalue weighted by molar-refractivity contribution is 6.06. The topological polar surface area (TPSA) is 79.4 Å². The summed E-state index contributed by atoms with van der Waals surface area (Å²) in [5.41, 5.74) is 2.46. The molecule has 2 heterocycles. The van der Waals surface area contributed by atoms with Gasteiger partial charge in [-0.25, -0.2) is 14.4 Å². The Bertz CT molecular complexity index is 1090. The summed E-state index contributed by atoms with van der Waals surface area (Å²) in [6.07, 6.45) is 6.12. The minimum atomic E-state index is -0.332. The third-order valence-electron chi connectivity index (χ3n) is 5.29. The minimum absolute atomic E-state index is 0.288. The van der Waals surface area contributed by atoms with Crippen molar-refractivity contribution in [1.82, 2.24) is 14.9 Å². The number of nitrogens with one attached hydrogen (secondary N) is 2. The van der Waals surface area contributed by atoms with Crippen LogP contribution in [-0.4, -0.2) is 53.6 Å². The highest BCUT2D eigenvalue weighted by Crippen LogP contribution is 2.20. The SMILES string of the molecule is COCC1CCN1CC=C(Nc1ccc(F)cc1)C(=O)Nc1ccc2ncncc2c1. The van der Waals surface area contributed by atoms with Crippen LogP contribution in [0.15, 0.2) is 66.8 Å². The van der Waals surface area contributed by atoms with E-state index in [9.17, 15) is 9.18 Å². The Morgan fingerprint density at radius 2 is 2.03 bits per heavy atom. The van der Waals surface area contributed by atoms with Crippen molar-refractivity contribution < 1.29 is 13.9 Å². The van der Waals surface area contributed by atoms with Crippen LogP contribution in [0.25, 0.3) is 10.9 Å². The van der Waals surface area contributed by atoms with Gasteiger partial charge in [0, 0.05) is 49.2 Å². The number of carbonyl (C=O) groups is 1. The van der Waals surface area contributed by atoms with E-state index in [4.69, 9.17) is 4.74 Å². The van der Waals surface area contributed by atoms with Crippen LogP contribution in [0.2, 0.25) is 0 Å². The number of carbonyl (C=O) groups excluding carboxylic acids is 1. The van der Waals surface area contributed by atoms with Crippen LogP contribution in [0, 0.1) is 5.82 Å². The van der Waals surface area contributed by atoms with Gasteiger partial charge in [0.05, 0.1) is 12.1 Å². The quantitative estimate of drug-likeness (QED) is 0.543. The molecule has 0 radical (unpaired) electrons. The number of aromatic nitrogens is 2. The Hall–Kier alpha value is -3.36. The van der Waals surface area contributed by atoms with Crippen molar-refractivity contribution in [2.24, 2.45) is 0 Å². The van der Waals surface area contributed by atoms with E-state index in [1.807, 2.05) is 18.2 Å². The molecule has 2 aromatic carbocycles. The second-order valence-corrected chi connectivity index (χ2v) is 7.39. The van der Waals surface area contributed by atoms with E-state index in [-0.39, 0.29) is 11.7 Å². The number of nitrogens with zero attached hydrogens (tertiary/aromatic N) is 3. The lowest BCUT2D eigenvalue weighted by Crippen LogP contribution is -2.50. The Morgan fingerprint density at radius 1 is 1.23 bits per heavy atom. The fraction of sp³-hybridized carbons (Fsp3) is 0.261. The summed E-state index contributed by atoms with van der Waals surface area (Å²) in [5.74, 6) is -0.619. The van der Waals surface area contributed by atoms with Crippen molar-refractivity contribution in [1.29, 1.82) is 0 Å². The number of rotatable bonds is 8. The molecule has 1 saturated heterocycles. The summed E-state index contributed by atoms with van der Waals surface area (Å²) in [6, 6.07) is 11.7. The number of benzene rings is 2. The fourth-order valence-electron chi connectivity index (χ4n) is 3.47. The number of amides is 1. The summed E-state index contributed by atoms with van der Waals surface area (Å²) in [5, 5.41) is 6.87. The lowest BCUT2D eigenvalue weighted by Gasteiger charge is -2.40. The first-order valence-corrected chi connectivity index (χ1v) is 10.1. The van der Waals surface area contributed by atoms with Crippen molar-refractivity contribution in [2.75, 3.05) is 37.4 Å². The zero-order valence-electron chi connectivity index (χ0n) is 17.2. The van der Waals surface area contributed by atoms with E-state index in [2.05, 4.69) is 25.5 Å². The summed E-state index contributed by atoms with van der Waals surface area (Å²) in [4.78, 5) is 23.5. The predicted octanol–water partition coefficient (Wildman–Crippen LogP) is 3.42. The average molecular weight is 421 g/mol. The van der Waals surface area contributed by atoms with Crippen LogP contribution in [0.5, 0.6) is 0 Å². The smallest absolute Gasteiger partial charge is 0.271 e. The van der Waals surface area contributed by atoms with Crippen LogP contribution < -0.4 is 10.6 Å². The largest absolute Gasteiger partial charge is 0.383 e. The van der Waals surface area contributed by atoms with E-state index in [0.717, 1.165) is 23.9 Å². The highest BCUT2D eigenvalue weighted by Gasteiger charge is 2.27. The number of hydrogen-bond acceptors (Lipinski definition) is 6. The molecule has 160 valence electrons. The van der Waals surface area contributed by atoms with Crippen LogP contribution in [0.4, 0.5) is 15.8 Å². The zero-order valence-corrected chi connectivity index (χ0v) is 17.2. The van der Waals surface area contributed by atoms with Gasteiger partial charge in [0.25, 0.3) is 5.91 Å². The molecule has 8 heteroatoms. The summed E-state index contributed by atoms with van der Waals surface area (Å²) < 4.78 is 18.5. The molecule has 1 aliphatic heterocycles. The van der Waals surface area contributed by atoms with E-state index < -0.39 is 0 Å². The molecule has 0 saturated carbocycles. The fourth-order valence-corrected chi connectivity index (χ4v) is 3.47. The maximum atomic E-state index is 13.3. The van der Waals surface area contributed by atoms with Crippen LogP contribution in [-0.2, 0) is 9.53 Å². The first-order valence-electron chi connectivity index (χ1n) is 10.1.